The number of hydrogen-bond donors (Lipinski definition) is 1. The maximum Gasteiger partial charge on any atom is 0.201 e. The van der Waals surface area contributed by atoms with Crippen LogP contribution in [0.5, 0.6) is 0 Å². The third-order valence-electron chi connectivity index (χ3n) is 6.07. The fourth-order valence-electron chi connectivity index (χ4n) is 5.25. The molecule has 2 fully saturated rings. The number of para-hydroxylation sites is 2. The summed E-state index contributed by atoms with van der Waals surface area (Å²) >= 11 is 0. The number of nitrogens with zero attached hydrogens (tertiary/aromatic N) is 2. The average molecular weight is 269 g/mol. The minimum atomic E-state index is 0.296. The molecule has 1 heterocycles. The van der Waals surface area contributed by atoms with E-state index in [1.165, 1.54) is 24.8 Å². The summed E-state index contributed by atoms with van der Waals surface area (Å²) in [5, 5.41) is 0. The maximum absolute atomic E-state index is 6.30. The Hall–Kier alpha value is -1.51. The van der Waals surface area contributed by atoms with Gasteiger partial charge in [0, 0.05) is 6.04 Å². The van der Waals surface area contributed by atoms with Gasteiger partial charge in [0.2, 0.25) is 5.95 Å². The number of nitrogens with two attached hydrogens (primary N) is 1. The topological polar surface area (TPSA) is 43.8 Å². The molecule has 2 bridgehead atoms. The second-order valence-electron chi connectivity index (χ2n) is 7.65. The summed E-state index contributed by atoms with van der Waals surface area (Å²) in [7, 11) is 0. The number of nitrogen functional groups attached to an aromatic ring is 1. The van der Waals surface area contributed by atoms with Crippen LogP contribution in [-0.4, -0.2) is 9.55 Å². The highest BCUT2D eigenvalue weighted by Gasteiger charge is 2.60. The van der Waals surface area contributed by atoms with Crippen molar-refractivity contribution >= 4 is 17.0 Å². The van der Waals surface area contributed by atoms with E-state index in [9.17, 15) is 0 Å². The highest BCUT2D eigenvalue weighted by molar-refractivity contribution is 5.78. The van der Waals surface area contributed by atoms with Gasteiger partial charge < -0.3 is 10.3 Å². The Morgan fingerprint density at radius 3 is 2.70 bits per heavy atom. The smallest absolute Gasteiger partial charge is 0.201 e. The van der Waals surface area contributed by atoms with Gasteiger partial charge in [-0.25, -0.2) is 4.98 Å². The van der Waals surface area contributed by atoms with E-state index in [0.29, 0.717) is 22.8 Å². The van der Waals surface area contributed by atoms with Gasteiger partial charge in [0.25, 0.3) is 0 Å². The van der Waals surface area contributed by atoms with Crippen molar-refractivity contribution in [3.63, 3.8) is 0 Å². The molecule has 4 rings (SSSR count). The summed E-state index contributed by atoms with van der Waals surface area (Å²) in [4.78, 5) is 4.58. The lowest BCUT2D eigenvalue weighted by Crippen LogP contribution is -2.37. The number of benzene rings is 1. The Balaban J connectivity index is 1.97. The predicted octanol–water partition coefficient (Wildman–Crippen LogP) is 4.01. The van der Waals surface area contributed by atoms with Crippen LogP contribution < -0.4 is 5.73 Å². The first kappa shape index (κ1) is 12.2. The standard InChI is InChI=1S/C17H23N3/c1-16(2)11-8-9-17(3,10-11)14(16)20-13-7-5-4-6-12(13)19-15(20)18/h4-7,11,14H,8-10H2,1-3H3,(H2,18,19). The lowest BCUT2D eigenvalue weighted by molar-refractivity contribution is 0.0882. The van der Waals surface area contributed by atoms with Gasteiger partial charge >= 0.3 is 0 Å². The average Bonchev–Trinajstić information content (AvgIpc) is 2.97. The summed E-state index contributed by atoms with van der Waals surface area (Å²) < 4.78 is 2.33. The lowest BCUT2D eigenvalue weighted by Gasteiger charge is -2.44. The Bertz CT molecular complexity index is 680. The van der Waals surface area contributed by atoms with Gasteiger partial charge in [-0.05, 0) is 48.1 Å². The molecule has 3 heteroatoms. The number of imidazole rings is 1. The van der Waals surface area contributed by atoms with Crippen molar-refractivity contribution in [2.75, 3.05) is 5.73 Å². The largest absolute Gasteiger partial charge is 0.369 e. The molecule has 2 aliphatic carbocycles. The van der Waals surface area contributed by atoms with Crippen molar-refractivity contribution in [3.8, 4) is 0 Å². The molecule has 106 valence electrons. The first-order chi connectivity index (χ1) is 9.43. The normalized spacial score (nSPS) is 35.0. The van der Waals surface area contributed by atoms with E-state index in [4.69, 9.17) is 5.73 Å². The fraction of sp³-hybridized carbons (Fsp3) is 0.588. The van der Waals surface area contributed by atoms with Crippen molar-refractivity contribution in [2.45, 2.75) is 46.1 Å². The van der Waals surface area contributed by atoms with Crippen molar-refractivity contribution in [3.05, 3.63) is 24.3 Å². The Morgan fingerprint density at radius 2 is 2.00 bits per heavy atom. The van der Waals surface area contributed by atoms with Crippen molar-refractivity contribution in [2.24, 2.45) is 16.7 Å². The molecule has 3 atom stereocenters. The summed E-state index contributed by atoms with van der Waals surface area (Å²) in [5.74, 6) is 1.50. The van der Waals surface area contributed by atoms with Crippen LogP contribution in [0.2, 0.25) is 0 Å². The van der Waals surface area contributed by atoms with Crippen LogP contribution in [0.15, 0.2) is 24.3 Å². The van der Waals surface area contributed by atoms with Gasteiger partial charge in [0.1, 0.15) is 0 Å². The molecule has 20 heavy (non-hydrogen) atoms. The zero-order valence-corrected chi connectivity index (χ0v) is 12.6. The first-order valence-electron chi connectivity index (χ1n) is 7.66. The molecule has 0 radical (unpaired) electrons. The zero-order valence-electron chi connectivity index (χ0n) is 12.6. The van der Waals surface area contributed by atoms with Gasteiger partial charge in [-0.2, -0.15) is 0 Å². The van der Waals surface area contributed by atoms with E-state index in [1.807, 2.05) is 6.07 Å². The minimum Gasteiger partial charge on any atom is -0.369 e. The number of fused-ring (bicyclic) bond motifs is 3. The molecule has 1 aromatic carbocycles. The lowest BCUT2D eigenvalue weighted by atomic mass is 9.68. The molecular weight excluding hydrogens is 246 g/mol. The number of aromatic nitrogens is 2. The molecule has 0 spiro atoms. The molecule has 1 aromatic heterocycles. The molecule has 3 unspecified atom stereocenters. The Labute approximate surface area is 120 Å². The molecular formula is C17H23N3. The van der Waals surface area contributed by atoms with Gasteiger partial charge in [0.05, 0.1) is 11.0 Å². The minimum absolute atomic E-state index is 0.296. The van der Waals surface area contributed by atoms with Gasteiger partial charge in [-0.15, -0.1) is 0 Å². The molecule has 0 aliphatic heterocycles. The third-order valence-corrected chi connectivity index (χ3v) is 6.07. The number of anilines is 1. The van der Waals surface area contributed by atoms with Crippen LogP contribution in [-0.2, 0) is 0 Å². The SMILES string of the molecule is CC12CCC(C1)C(C)(C)C2n1c(N)nc2ccccc21. The van der Waals surface area contributed by atoms with Crippen LogP contribution in [0.3, 0.4) is 0 Å². The number of rotatable bonds is 1. The molecule has 0 saturated heterocycles. The van der Waals surface area contributed by atoms with Crippen molar-refractivity contribution in [1.29, 1.82) is 0 Å². The predicted molar refractivity (Wildman–Crippen MR) is 82.4 cm³/mol. The Morgan fingerprint density at radius 1 is 1.25 bits per heavy atom. The second-order valence-corrected chi connectivity index (χ2v) is 7.65. The first-order valence-corrected chi connectivity index (χ1v) is 7.66. The van der Waals surface area contributed by atoms with Crippen LogP contribution in [0, 0.1) is 16.7 Å². The maximum atomic E-state index is 6.30. The van der Waals surface area contributed by atoms with Crippen molar-refractivity contribution in [1.82, 2.24) is 9.55 Å². The highest BCUT2D eigenvalue weighted by atomic mass is 15.2. The molecule has 0 amide bonds. The van der Waals surface area contributed by atoms with E-state index in [-0.39, 0.29) is 0 Å². The van der Waals surface area contributed by atoms with Gasteiger partial charge in [0.15, 0.2) is 0 Å². The zero-order chi connectivity index (χ0) is 14.1. The van der Waals surface area contributed by atoms with Crippen LogP contribution in [0.25, 0.3) is 11.0 Å². The third kappa shape index (κ3) is 1.33. The van der Waals surface area contributed by atoms with E-state index in [2.05, 4.69) is 48.5 Å². The van der Waals surface area contributed by atoms with E-state index in [0.717, 1.165) is 11.4 Å². The van der Waals surface area contributed by atoms with Crippen LogP contribution in [0.1, 0.15) is 46.1 Å². The summed E-state index contributed by atoms with van der Waals surface area (Å²) in [6.07, 6.45) is 4.01. The van der Waals surface area contributed by atoms with E-state index >= 15 is 0 Å². The fourth-order valence-corrected chi connectivity index (χ4v) is 5.25. The highest BCUT2D eigenvalue weighted by Crippen LogP contribution is 2.68. The molecule has 2 aliphatic rings. The van der Waals surface area contributed by atoms with Crippen LogP contribution in [0.4, 0.5) is 5.95 Å². The number of hydrogen-bond acceptors (Lipinski definition) is 2. The van der Waals surface area contributed by atoms with Gasteiger partial charge in [-0.1, -0.05) is 32.9 Å². The Kier molecular flexibility index (Phi) is 2.19. The molecule has 2 saturated carbocycles. The summed E-state index contributed by atoms with van der Waals surface area (Å²) in [6, 6.07) is 8.80. The quantitative estimate of drug-likeness (QED) is 0.850. The van der Waals surface area contributed by atoms with Crippen LogP contribution >= 0.6 is 0 Å². The van der Waals surface area contributed by atoms with E-state index < -0.39 is 0 Å². The monoisotopic (exact) mass is 269 g/mol. The molecule has 2 aromatic rings. The molecule has 2 N–H and O–H groups in total. The van der Waals surface area contributed by atoms with Gasteiger partial charge in [-0.3, -0.25) is 0 Å². The van der Waals surface area contributed by atoms with Crippen molar-refractivity contribution < 1.29 is 0 Å². The van der Waals surface area contributed by atoms with E-state index in [1.54, 1.807) is 0 Å². The molecule has 3 nitrogen and oxygen atoms in total. The second kappa shape index (κ2) is 3.57. The summed E-state index contributed by atoms with van der Waals surface area (Å²) in [5.41, 5.74) is 9.17. The summed E-state index contributed by atoms with van der Waals surface area (Å²) in [6.45, 7) is 7.28.